The third kappa shape index (κ3) is 2.74. The van der Waals surface area contributed by atoms with Gasteiger partial charge in [-0.25, -0.2) is 4.68 Å². The minimum absolute atomic E-state index is 0.486. The van der Waals surface area contributed by atoms with Gasteiger partial charge in [0.2, 0.25) is 0 Å². The van der Waals surface area contributed by atoms with Crippen LogP contribution in [-0.2, 0) is 0 Å². The van der Waals surface area contributed by atoms with Gasteiger partial charge in [-0.15, -0.1) is 10.2 Å². The zero-order valence-corrected chi connectivity index (χ0v) is 11.6. The molecule has 0 saturated heterocycles. The summed E-state index contributed by atoms with van der Waals surface area (Å²) in [5.74, 6) is 1.30. The first-order valence-electron chi connectivity index (χ1n) is 5.66. The fraction of sp³-hybridized carbons (Fsp3) is 0. The molecule has 0 aliphatic rings. The Morgan fingerprint density at radius 1 is 1.05 bits per heavy atom. The molecule has 0 unspecified atom stereocenters. The first-order valence-corrected chi connectivity index (χ1v) is 6.42. The number of rotatable bonds is 3. The molecule has 0 aliphatic carbocycles. The first kappa shape index (κ1) is 12.9. The van der Waals surface area contributed by atoms with Crippen LogP contribution in [0.3, 0.4) is 0 Å². The number of hydrogen-bond donors (Lipinski definition) is 0. The van der Waals surface area contributed by atoms with Crippen molar-refractivity contribution >= 4 is 29.4 Å². The van der Waals surface area contributed by atoms with Crippen molar-refractivity contribution in [2.75, 3.05) is 0 Å². The third-order valence-electron chi connectivity index (χ3n) is 2.56. The summed E-state index contributed by atoms with van der Waals surface area (Å²) in [5.41, 5.74) is 0.850. The van der Waals surface area contributed by atoms with Crippen LogP contribution < -0.4 is 0 Å². The molecule has 2 heterocycles. The molecule has 20 heavy (non-hydrogen) atoms. The Hall–Kier alpha value is -2.11. The van der Waals surface area contributed by atoms with Gasteiger partial charge in [0.05, 0.1) is 16.3 Å². The normalized spacial score (nSPS) is 11.3. The summed E-state index contributed by atoms with van der Waals surface area (Å²) < 4.78 is 7.13. The Balaban J connectivity index is 1.84. The number of halogens is 2. The number of furan rings is 1. The van der Waals surface area contributed by atoms with E-state index in [2.05, 4.69) is 15.3 Å². The van der Waals surface area contributed by atoms with Gasteiger partial charge in [-0.3, -0.25) is 0 Å². The van der Waals surface area contributed by atoms with Crippen LogP contribution in [0.15, 0.2) is 52.5 Å². The smallest absolute Gasteiger partial charge is 0.147 e. The number of hydrogen-bond acceptors (Lipinski definition) is 4. The van der Waals surface area contributed by atoms with Gasteiger partial charge in [-0.2, -0.15) is 5.10 Å². The Bertz CT molecular complexity index is 750. The van der Waals surface area contributed by atoms with Crippen molar-refractivity contribution in [3.8, 4) is 11.3 Å². The van der Waals surface area contributed by atoms with Crippen molar-refractivity contribution in [1.29, 1.82) is 0 Å². The molecule has 2 aromatic heterocycles. The maximum atomic E-state index is 5.98. The van der Waals surface area contributed by atoms with E-state index in [1.165, 1.54) is 17.3 Å². The van der Waals surface area contributed by atoms with Crippen LogP contribution in [0, 0.1) is 0 Å². The molecule has 0 bridgehead atoms. The Kier molecular flexibility index (Phi) is 3.54. The maximum Gasteiger partial charge on any atom is 0.147 e. The van der Waals surface area contributed by atoms with Crippen molar-refractivity contribution in [3.05, 3.63) is 58.8 Å². The second-order valence-electron chi connectivity index (χ2n) is 3.92. The molecule has 100 valence electrons. The molecule has 0 N–H and O–H groups in total. The second-order valence-corrected chi connectivity index (χ2v) is 4.73. The first-order chi connectivity index (χ1) is 9.72. The summed E-state index contributed by atoms with van der Waals surface area (Å²) in [4.78, 5) is 0. The van der Waals surface area contributed by atoms with E-state index in [9.17, 15) is 0 Å². The Labute approximate surface area is 124 Å². The lowest BCUT2D eigenvalue weighted by Crippen LogP contribution is -1.84. The van der Waals surface area contributed by atoms with E-state index < -0.39 is 0 Å². The lowest BCUT2D eigenvalue weighted by atomic mass is 10.2. The van der Waals surface area contributed by atoms with Gasteiger partial charge in [-0.1, -0.05) is 23.2 Å². The van der Waals surface area contributed by atoms with E-state index >= 15 is 0 Å². The quantitative estimate of drug-likeness (QED) is 0.693. The average molecular weight is 307 g/mol. The van der Waals surface area contributed by atoms with Gasteiger partial charge in [0.1, 0.15) is 24.2 Å². The van der Waals surface area contributed by atoms with Gasteiger partial charge in [0.25, 0.3) is 0 Å². The van der Waals surface area contributed by atoms with E-state index in [0.29, 0.717) is 21.6 Å². The van der Waals surface area contributed by atoms with Crippen LogP contribution in [0.1, 0.15) is 5.76 Å². The molecular formula is C13H8Cl2N4O. The van der Waals surface area contributed by atoms with Crippen LogP contribution in [0.25, 0.3) is 11.3 Å². The third-order valence-corrected chi connectivity index (χ3v) is 3.29. The number of nitrogens with zero attached hydrogens (tertiary/aromatic N) is 4. The lowest BCUT2D eigenvalue weighted by Gasteiger charge is -1.99. The van der Waals surface area contributed by atoms with Crippen molar-refractivity contribution in [1.82, 2.24) is 14.9 Å². The standard InChI is InChI=1S/C13H8Cl2N4O/c14-11-3-1-9(5-12(11)15)13-4-2-10(20-13)6-18-19-7-16-17-8-19/h1-8H/b18-6-. The monoisotopic (exact) mass is 306 g/mol. The topological polar surface area (TPSA) is 56.2 Å². The Morgan fingerprint density at radius 2 is 1.85 bits per heavy atom. The zero-order valence-electron chi connectivity index (χ0n) is 10.1. The Morgan fingerprint density at radius 3 is 2.60 bits per heavy atom. The van der Waals surface area contributed by atoms with E-state index in [4.69, 9.17) is 27.6 Å². The molecule has 3 rings (SSSR count). The maximum absolute atomic E-state index is 5.98. The van der Waals surface area contributed by atoms with Gasteiger partial charge in [-0.05, 0) is 30.3 Å². The van der Waals surface area contributed by atoms with Crippen molar-refractivity contribution in [3.63, 3.8) is 0 Å². The molecule has 0 amide bonds. The summed E-state index contributed by atoms with van der Waals surface area (Å²) in [5, 5.41) is 12.4. The molecule has 0 radical (unpaired) electrons. The van der Waals surface area contributed by atoms with Crippen LogP contribution in [-0.4, -0.2) is 21.1 Å². The van der Waals surface area contributed by atoms with E-state index in [0.717, 1.165) is 5.56 Å². The highest BCUT2D eigenvalue weighted by atomic mass is 35.5. The van der Waals surface area contributed by atoms with Gasteiger partial charge >= 0.3 is 0 Å². The molecule has 0 atom stereocenters. The van der Waals surface area contributed by atoms with E-state index in [-0.39, 0.29) is 0 Å². The molecular weight excluding hydrogens is 299 g/mol. The molecule has 0 aliphatic heterocycles. The minimum atomic E-state index is 0.486. The molecule has 3 aromatic rings. The van der Waals surface area contributed by atoms with Crippen LogP contribution in [0.4, 0.5) is 0 Å². The highest BCUT2D eigenvalue weighted by Gasteiger charge is 2.06. The highest BCUT2D eigenvalue weighted by molar-refractivity contribution is 6.42. The number of aromatic nitrogens is 3. The second kappa shape index (κ2) is 5.48. The predicted molar refractivity (Wildman–Crippen MR) is 77.2 cm³/mol. The molecule has 0 spiro atoms. The lowest BCUT2D eigenvalue weighted by molar-refractivity contribution is 0.574. The van der Waals surface area contributed by atoms with E-state index in [1.54, 1.807) is 18.3 Å². The summed E-state index contributed by atoms with van der Waals surface area (Å²) in [6.45, 7) is 0. The molecule has 0 fully saturated rings. The zero-order chi connectivity index (χ0) is 13.9. The average Bonchev–Trinajstić information content (AvgIpc) is 3.10. The van der Waals surface area contributed by atoms with Crippen LogP contribution >= 0.6 is 23.2 Å². The largest absolute Gasteiger partial charge is 0.455 e. The van der Waals surface area contributed by atoms with Gasteiger partial charge in [0, 0.05) is 5.56 Å². The molecule has 0 saturated carbocycles. The summed E-state index contributed by atoms with van der Waals surface area (Å²) in [6, 6.07) is 8.97. The van der Waals surface area contributed by atoms with E-state index in [1.807, 2.05) is 18.2 Å². The van der Waals surface area contributed by atoms with Crippen molar-refractivity contribution in [2.24, 2.45) is 5.10 Å². The SMILES string of the molecule is Clc1ccc(-c2ccc(/C=N\n3cnnc3)o2)cc1Cl. The molecule has 5 nitrogen and oxygen atoms in total. The highest BCUT2D eigenvalue weighted by Crippen LogP contribution is 2.29. The molecule has 1 aromatic carbocycles. The summed E-state index contributed by atoms with van der Waals surface area (Å²) in [7, 11) is 0. The fourth-order valence-electron chi connectivity index (χ4n) is 1.61. The predicted octanol–water partition coefficient (Wildman–Crippen LogP) is 3.73. The fourth-order valence-corrected chi connectivity index (χ4v) is 1.90. The van der Waals surface area contributed by atoms with Crippen LogP contribution in [0.2, 0.25) is 10.0 Å². The van der Waals surface area contributed by atoms with Gasteiger partial charge < -0.3 is 4.42 Å². The van der Waals surface area contributed by atoms with Crippen LogP contribution in [0.5, 0.6) is 0 Å². The minimum Gasteiger partial charge on any atom is -0.455 e. The van der Waals surface area contributed by atoms with Gasteiger partial charge in [0.15, 0.2) is 0 Å². The summed E-state index contributed by atoms with van der Waals surface area (Å²) in [6.07, 6.45) is 4.54. The molecule has 7 heteroatoms. The van der Waals surface area contributed by atoms with Crippen molar-refractivity contribution in [2.45, 2.75) is 0 Å². The summed E-state index contributed by atoms with van der Waals surface area (Å²) >= 11 is 11.9. The number of benzene rings is 1. The van der Waals surface area contributed by atoms with Crippen molar-refractivity contribution < 1.29 is 4.42 Å².